The maximum absolute atomic E-state index is 13.0. The molecule has 1 heterocycles. The number of nitrogens with zero attached hydrogens (tertiary/aromatic N) is 2. The van der Waals surface area contributed by atoms with Gasteiger partial charge < -0.3 is 25.6 Å². The Morgan fingerprint density at radius 3 is 2.47 bits per heavy atom. The number of anilines is 1. The minimum absolute atomic E-state index is 0.0122. The van der Waals surface area contributed by atoms with Gasteiger partial charge in [-0.15, -0.1) is 0 Å². The second-order valence-corrected chi connectivity index (χ2v) is 9.50. The molecule has 1 fully saturated rings. The van der Waals surface area contributed by atoms with Crippen LogP contribution in [0.4, 0.5) is 5.69 Å². The van der Waals surface area contributed by atoms with Crippen LogP contribution >= 0.6 is 23.2 Å². The van der Waals surface area contributed by atoms with Crippen LogP contribution in [0, 0.1) is 0 Å². The molecule has 3 N–H and O–H groups in total. The van der Waals surface area contributed by atoms with Crippen LogP contribution in [0.2, 0.25) is 10.0 Å². The molecule has 3 aromatic carbocycles. The first-order chi connectivity index (χ1) is 17.4. The molecule has 1 aliphatic heterocycles. The lowest BCUT2D eigenvalue weighted by Gasteiger charge is -2.27. The fraction of sp³-hybridized carbons (Fsp3) is 0.259. The van der Waals surface area contributed by atoms with Crippen LogP contribution in [-0.4, -0.2) is 48.9 Å². The first-order valence-corrected chi connectivity index (χ1v) is 12.4. The van der Waals surface area contributed by atoms with Crippen LogP contribution < -0.4 is 20.7 Å². The van der Waals surface area contributed by atoms with Crippen molar-refractivity contribution >= 4 is 40.7 Å². The van der Waals surface area contributed by atoms with Crippen molar-refractivity contribution in [1.82, 2.24) is 10.2 Å². The zero-order valence-electron chi connectivity index (χ0n) is 19.7. The fourth-order valence-electron chi connectivity index (χ4n) is 3.96. The van der Waals surface area contributed by atoms with Gasteiger partial charge in [0.2, 0.25) is 11.8 Å². The molecule has 0 bridgehead atoms. The third-order valence-electron chi connectivity index (χ3n) is 5.87. The number of likely N-dealkylation sites (tertiary alicyclic amines) is 1. The molecule has 36 heavy (non-hydrogen) atoms. The molecule has 188 valence electrons. The Bertz CT molecular complexity index is 1210. The van der Waals surface area contributed by atoms with Gasteiger partial charge in [-0.25, -0.2) is 0 Å². The summed E-state index contributed by atoms with van der Waals surface area (Å²) in [6.07, 6.45) is 0.774. The second-order valence-electron chi connectivity index (χ2n) is 8.68. The van der Waals surface area contributed by atoms with Gasteiger partial charge in [-0.3, -0.25) is 9.59 Å². The highest BCUT2D eigenvalue weighted by atomic mass is 35.5. The van der Waals surface area contributed by atoms with Crippen LogP contribution in [-0.2, 0) is 16.1 Å². The third-order valence-corrected chi connectivity index (χ3v) is 6.61. The Labute approximate surface area is 220 Å². The smallest absolute Gasteiger partial charge is 0.242 e. The number of para-hydroxylation sites is 1. The van der Waals surface area contributed by atoms with E-state index in [0.29, 0.717) is 40.3 Å². The van der Waals surface area contributed by atoms with Crippen LogP contribution in [0.1, 0.15) is 12.0 Å². The Balaban J connectivity index is 1.47. The number of ether oxygens (including phenoxy) is 1. The van der Waals surface area contributed by atoms with Crippen LogP contribution in [0.15, 0.2) is 72.8 Å². The number of hydrogen-bond donors (Lipinski definition) is 2. The summed E-state index contributed by atoms with van der Waals surface area (Å²) < 4.78 is 5.96. The first kappa shape index (κ1) is 25.8. The van der Waals surface area contributed by atoms with E-state index in [-0.39, 0.29) is 37.5 Å². The van der Waals surface area contributed by atoms with Gasteiger partial charge in [-0.1, -0.05) is 53.5 Å². The zero-order valence-corrected chi connectivity index (χ0v) is 21.2. The molecule has 1 atom stereocenters. The lowest BCUT2D eigenvalue weighted by molar-refractivity contribution is -0.128. The van der Waals surface area contributed by atoms with Crippen molar-refractivity contribution in [3.05, 3.63) is 88.4 Å². The highest BCUT2D eigenvalue weighted by molar-refractivity contribution is 6.42. The lowest BCUT2D eigenvalue weighted by Crippen LogP contribution is -2.44. The van der Waals surface area contributed by atoms with E-state index in [2.05, 4.69) is 5.32 Å². The number of hydrogen-bond acceptors (Lipinski definition) is 5. The van der Waals surface area contributed by atoms with E-state index >= 15 is 0 Å². The Morgan fingerprint density at radius 2 is 1.75 bits per heavy atom. The van der Waals surface area contributed by atoms with Crippen molar-refractivity contribution in [2.45, 2.75) is 19.0 Å². The molecule has 1 unspecified atom stereocenters. The number of halogens is 2. The molecule has 1 aliphatic rings. The number of carbonyl (C=O) groups is 2. The highest BCUT2D eigenvalue weighted by Crippen LogP contribution is 2.26. The van der Waals surface area contributed by atoms with Gasteiger partial charge in [0.05, 0.1) is 23.1 Å². The predicted molar refractivity (Wildman–Crippen MR) is 143 cm³/mol. The SMILES string of the molecule is NC1CCN(C(=O)CN(CC(=O)NCc2ccc(Cl)c(Cl)c2)c2cccc(Oc3ccccc3)c2)C1. The molecular formula is C27H28Cl2N4O3. The molecule has 2 amide bonds. The molecule has 0 radical (unpaired) electrons. The predicted octanol–water partition coefficient (Wildman–Crippen LogP) is 4.47. The molecule has 0 spiro atoms. The molecule has 0 aliphatic carbocycles. The van der Waals surface area contributed by atoms with Crippen molar-refractivity contribution in [2.24, 2.45) is 5.73 Å². The molecule has 4 rings (SSSR count). The summed E-state index contributed by atoms with van der Waals surface area (Å²) in [5.74, 6) is 0.995. The molecule has 0 saturated carbocycles. The molecule has 7 nitrogen and oxygen atoms in total. The zero-order chi connectivity index (χ0) is 25.5. The normalized spacial score (nSPS) is 15.0. The van der Waals surface area contributed by atoms with E-state index in [0.717, 1.165) is 12.0 Å². The van der Waals surface area contributed by atoms with E-state index in [9.17, 15) is 9.59 Å². The van der Waals surface area contributed by atoms with Crippen LogP contribution in [0.5, 0.6) is 11.5 Å². The first-order valence-electron chi connectivity index (χ1n) is 11.7. The van der Waals surface area contributed by atoms with Gasteiger partial charge in [0.1, 0.15) is 11.5 Å². The third kappa shape index (κ3) is 7.13. The summed E-state index contributed by atoms with van der Waals surface area (Å²) in [6, 6.07) is 22.0. The van der Waals surface area contributed by atoms with Crippen molar-refractivity contribution in [2.75, 3.05) is 31.1 Å². The summed E-state index contributed by atoms with van der Waals surface area (Å²) in [7, 11) is 0. The number of nitrogens with one attached hydrogen (secondary N) is 1. The Kier molecular flexibility index (Phi) is 8.70. The quantitative estimate of drug-likeness (QED) is 0.429. The molecule has 9 heteroatoms. The number of rotatable bonds is 9. The lowest BCUT2D eigenvalue weighted by atomic mass is 10.2. The standard InChI is InChI=1S/C27H28Cl2N4O3/c28-24-10-9-19(13-25(24)29)15-31-26(34)17-33(18-27(35)32-12-11-20(30)16-32)21-5-4-8-23(14-21)36-22-6-2-1-3-7-22/h1-10,13-14,20H,11-12,15-18,30H2,(H,31,34). The highest BCUT2D eigenvalue weighted by Gasteiger charge is 2.26. The number of nitrogens with two attached hydrogens (primary N) is 1. The van der Waals surface area contributed by atoms with Crippen molar-refractivity contribution in [3.63, 3.8) is 0 Å². The van der Waals surface area contributed by atoms with Crippen LogP contribution in [0.25, 0.3) is 0 Å². The summed E-state index contributed by atoms with van der Waals surface area (Å²) in [4.78, 5) is 29.4. The molecule has 1 saturated heterocycles. The molecule has 3 aromatic rings. The van der Waals surface area contributed by atoms with E-state index in [4.69, 9.17) is 33.7 Å². The van der Waals surface area contributed by atoms with E-state index < -0.39 is 0 Å². The average Bonchev–Trinajstić information content (AvgIpc) is 3.31. The van der Waals surface area contributed by atoms with Crippen molar-refractivity contribution in [1.29, 1.82) is 0 Å². The van der Waals surface area contributed by atoms with Gasteiger partial charge in [0.15, 0.2) is 0 Å². The summed E-state index contributed by atoms with van der Waals surface area (Å²) in [6.45, 7) is 1.46. The van der Waals surface area contributed by atoms with Gasteiger partial charge in [0, 0.05) is 37.4 Å². The summed E-state index contributed by atoms with van der Waals surface area (Å²) in [5, 5.41) is 3.77. The topological polar surface area (TPSA) is 87.9 Å². The molecule has 0 aromatic heterocycles. The number of benzene rings is 3. The maximum atomic E-state index is 13.0. The number of amides is 2. The summed E-state index contributed by atoms with van der Waals surface area (Å²) in [5.41, 5.74) is 7.51. The van der Waals surface area contributed by atoms with Crippen molar-refractivity contribution < 1.29 is 14.3 Å². The van der Waals surface area contributed by atoms with Gasteiger partial charge >= 0.3 is 0 Å². The number of carbonyl (C=O) groups excluding carboxylic acids is 2. The Morgan fingerprint density at radius 1 is 0.972 bits per heavy atom. The Hall–Kier alpha value is -3.26. The van der Waals surface area contributed by atoms with E-state index in [1.165, 1.54) is 0 Å². The van der Waals surface area contributed by atoms with Gasteiger partial charge in [-0.05, 0) is 48.4 Å². The second kappa shape index (κ2) is 12.1. The van der Waals surface area contributed by atoms with Crippen LogP contribution in [0.3, 0.4) is 0 Å². The minimum Gasteiger partial charge on any atom is -0.457 e. The van der Waals surface area contributed by atoms with Crippen molar-refractivity contribution in [3.8, 4) is 11.5 Å². The van der Waals surface area contributed by atoms with Gasteiger partial charge in [0.25, 0.3) is 0 Å². The monoisotopic (exact) mass is 526 g/mol. The fourth-order valence-corrected chi connectivity index (χ4v) is 4.28. The summed E-state index contributed by atoms with van der Waals surface area (Å²) >= 11 is 12.1. The van der Waals surface area contributed by atoms with E-state index in [1.54, 1.807) is 28.0 Å². The largest absolute Gasteiger partial charge is 0.457 e. The van der Waals surface area contributed by atoms with Gasteiger partial charge in [-0.2, -0.15) is 0 Å². The minimum atomic E-state index is -0.235. The molecular weight excluding hydrogens is 499 g/mol. The van der Waals surface area contributed by atoms with E-state index in [1.807, 2.05) is 54.6 Å². The maximum Gasteiger partial charge on any atom is 0.242 e. The average molecular weight is 527 g/mol.